The van der Waals surface area contributed by atoms with Crippen LogP contribution in [0.3, 0.4) is 0 Å². The van der Waals surface area contributed by atoms with Crippen molar-refractivity contribution in [3.05, 3.63) is 60.3 Å². The van der Waals surface area contributed by atoms with Crippen molar-refractivity contribution in [2.45, 2.75) is 32.7 Å². The number of para-hydroxylation sites is 1. The molecule has 0 saturated heterocycles. The molecule has 2 aromatic carbocycles. The molecule has 1 atom stereocenters. The second-order valence-corrected chi connectivity index (χ2v) is 7.66. The number of hydrogen-bond acceptors (Lipinski definition) is 3. The van der Waals surface area contributed by atoms with Gasteiger partial charge in [0.2, 0.25) is 17.7 Å². The van der Waals surface area contributed by atoms with Gasteiger partial charge in [-0.2, -0.15) is 0 Å². The SMILES string of the molecule is CCN(CC)C(=O)Cn1ccc2cc(NC(=O)C3CC(=O)Nc4ccccc43)ccc21. The summed E-state index contributed by atoms with van der Waals surface area (Å²) in [6, 6.07) is 14.9. The van der Waals surface area contributed by atoms with E-state index < -0.39 is 5.92 Å². The van der Waals surface area contributed by atoms with Crippen LogP contribution in [0, 0.1) is 0 Å². The van der Waals surface area contributed by atoms with Crippen molar-refractivity contribution in [2.24, 2.45) is 0 Å². The molecule has 31 heavy (non-hydrogen) atoms. The summed E-state index contributed by atoms with van der Waals surface area (Å²) in [5.74, 6) is -0.826. The predicted octanol–water partition coefficient (Wildman–Crippen LogP) is 3.57. The van der Waals surface area contributed by atoms with E-state index in [1.165, 1.54) is 0 Å². The molecule has 3 amide bonds. The molecule has 2 heterocycles. The monoisotopic (exact) mass is 418 g/mol. The van der Waals surface area contributed by atoms with Gasteiger partial charge < -0.3 is 20.1 Å². The van der Waals surface area contributed by atoms with Crippen LogP contribution in [0.15, 0.2) is 54.7 Å². The number of aromatic nitrogens is 1. The molecule has 1 unspecified atom stereocenters. The van der Waals surface area contributed by atoms with Gasteiger partial charge >= 0.3 is 0 Å². The van der Waals surface area contributed by atoms with Crippen molar-refractivity contribution in [3.63, 3.8) is 0 Å². The molecule has 1 aliphatic rings. The molecule has 0 fully saturated rings. The Labute approximate surface area is 181 Å². The van der Waals surface area contributed by atoms with Gasteiger partial charge in [-0.05, 0) is 49.7 Å². The van der Waals surface area contributed by atoms with Gasteiger partial charge in [-0.15, -0.1) is 0 Å². The number of likely N-dealkylation sites (N-methyl/N-ethyl adjacent to an activating group) is 1. The van der Waals surface area contributed by atoms with Gasteiger partial charge in [0.25, 0.3) is 0 Å². The van der Waals surface area contributed by atoms with Gasteiger partial charge in [0.15, 0.2) is 0 Å². The lowest BCUT2D eigenvalue weighted by Gasteiger charge is -2.24. The smallest absolute Gasteiger partial charge is 0.242 e. The zero-order chi connectivity index (χ0) is 22.0. The van der Waals surface area contributed by atoms with Crippen LogP contribution in [0.4, 0.5) is 11.4 Å². The van der Waals surface area contributed by atoms with Crippen LogP contribution in [0.25, 0.3) is 10.9 Å². The lowest BCUT2D eigenvalue weighted by molar-refractivity contribution is -0.131. The molecule has 1 aliphatic heterocycles. The van der Waals surface area contributed by atoms with Crippen molar-refractivity contribution in [3.8, 4) is 0 Å². The average Bonchev–Trinajstić information content (AvgIpc) is 3.15. The number of nitrogens with one attached hydrogen (secondary N) is 2. The number of carbonyl (C=O) groups excluding carboxylic acids is 3. The van der Waals surface area contributed by atoms with Gasteiger partial charge in [-0.25, -0.2) is 0 Å². The Morgan fingerprint density at radius 2 is 1.90 bits per heavy atom. The number of carbonyl (C=O) groups is 3. The van der Waals surface area contributed by atoms with Crippen LogP contribution >= 0.6 is 0 Å². The molecule has 0 spiro atoms. The maximum Gasteiger partial charge on any atom is 0.242 e. The van der Waals surface area contributed by atoms with Gasteiger partial charge in [0.1, 0.15) is 6.54 Å². The third-order valence-electron chi connectivity index (χ3n) is 5.78. The van der Waals surface area contributed by atoms with Crippen LogP contribution in [-0.4, -0.2) is 40.3 Å². The maximum absolute atomic E-state index is 13.0. The molecule has 0 bridgehead atoms. The third-order valence-corrected chi connectivity index (χ3v) is 5.78. The Morgan fingerprint density at radius 3 is 2.68 bits per heavy atom. The quantitative estimate of drug-likeness (QED) is 0.642. The number of benzene rings is 2. The molecule has 0 radical (unpaired) electrons. The Kier molecular flexibility index (Phi) is 5.75. The molecule has 1 aromatic heterocycles. The predicted molar refractivity (Wildman–Crippen MR) is 121 cm³/mol. The minimum absolute atomic E-state index is 0.0779. The Morgan fingerprint density at radius 1 is 1.13 bits per heavy atom. The number of nitrogens with zero attached hydrogens (tertiary/aromatic N) is 2. The van der Waals surface area contributed by atoms with Gasteiger partial charge in [-0.3, -0.25) is 14.4 Å². The number of hydrogen-bond donors (Lipinski definition) is 2. The number of amides is 3. The summed E-state index contributed by atoms with van der Waals surface area (Å²) < 4.78 is 1.92. The fraction of sp³-hybridized carbons (Fsp3) is 0.292. The van der Waals surface area contributed by atoms with Gasteiger partial charge in [0, 0.05) is 48.0 Å². The first-order chi connectivity index (χ1) is 15.0. The summed E-state index contributed by atoms with van der Waals surface area (Å²) in [6.07, 6.45) is 2.01. The first-order valence-corrected chi connectivity index (χ1v) is 10.6. The summed E-state index contributed by atoms with van der Waals surface area (Å²) >= 11 is 0. The molecular weight excluding hydrogens is 392 g/mol. The van der Waals surface area contributed by atoms with E-state index in [2.05, 4.69) is 10.6 Å². The van der Waals surface area contributed by atoms with Gasteiger partial charge in [-0.1, -0.05) is 18.2 Å². The first kappa shape index (κ1) is 20.7. The molecular formula is C24H26N4O3. The Bertz CT molecular complexity index is 1150. The normalized spacial score (nSPS) is 15.3. The topological polar surface area (TPSA) is 83.4 Å². The summed E-state index contributed by atoms with van der Waals surface area (Å²) in [5.41, 5.74) is 3.10. The highest BCUT2D eigenvalue weighted by Crippen LogP contribution is 2.33. The average molecular weight is 418 g/mol. The van der Waals surface area contributed by atoms with Crippen LogP contribution < -0.4 is 10.6 Å². The fourth-order valence-corrected chi connectivity index (χ4v) is 4.11. The fourth-order valence-electron chi connectivity index (χ4n) is 4.11. The van der Waals surface area contributed by atoms with E-state index >= 15 is 0 Å². The number of rotatable bonds is 6. The maximum atomic E-state index is 13.0. The van der Waals surface area contributed by atoms with Crippen molar-refractivity contribution in [2.75, 3.05) is 23.7 Å². The highest BCUT2D eigenvalue weighted by atomic mass is 16.2. The molecule has 2 N–H and O–H groups in total. The first-order valence-electron chi connectivity index (χ1n) is 10.6. The third kappa shape index (κ3) is 4.17. The lowest BCUT2D eigenvalue weighted by Crippen LogP contribution is -2.33. The Hall–Kier alpha value is -3.61. The van der Waals surface area contributed by atoms with Crippen LogP contribution in [0.2, 0.25) is 0 Å². The highest BCUT2D eigenvalue weighted by molar-refractivity contribution is 6.05. The molecule has 160 valence electrons. The van der Waals surface area contributed by atoms with Crippen molar-refractivity contribution >= 4 is 40.0 Å². The van der Waals surface area contributed by atoms with Crippen LogP contribution in [0.1, 0.15) is 31.7 Å². The molecule has 7 heteroatoms. The summed E-state index contributed by atoms with van der Waals surface area (Å²) in [6.45, 7) is 5.60. The standard InChI is InChI=1S/C24H26N4O3/c1-3-27(4-2)23(30)15-28-12-11-16-13-17(9-10-21(16)28)25-24(31)19-14-22(29)26-20-8-6-5-7-18(19)20/h5-13,19H,3-4,14-15H2,1-2H3,(H,25,31)(H,26,29). The largest absolute Gasteiger partial charge is 0.342 e. The molecule has 7 nitrogen and oxygen atoms in total. The second kappa shape index (κ2) is 8.63. The van der Waals surface area contributed by atoms with Crippen LogP contribution in [0.5, 0.6) is 0 Å². The minimum atomic E-state index is -0.531. The summed E-state index contributed by atoms with van der Waals surface area (Å²) in [5, 5.41) is 6.70. The second-order valence-electron chi connectivity index (χ2n) is 7.66. The lowest BCUT2D eigenvalue weighted by atomic mass is 9.90. The zero-order valence-corrected chi connectivity index (χ0v) is 17.7. The Balaban J connectivity index is 1.52. The summed E-state index contributed by atoms with van der Waals surface area (Å²) in [4.78, 5) is 39.2. The molecule has 3 aromatic rings. The van der Waals surface area contributed by atoms with Crippen molar-refractivity contribution in [1.29, 1.82) is 0 Å². The zero-order valence-electron chi connectivity index (χ0n) is 17.7. The minimum Gasteiger partial charge on any atom is -0.342 e. The van der Waals surface area contributed by atoms with E-state index in [1.54, 1.807) is 11.0 Å². The van der Waals surface area contributed by atoms with E-state index in [-0.39, 0.29) is 30.7 Å². The number of fused-ring (bicyclic) bond motifs is 2. The van der Waals surface area contributed by atoms with E-state index in [0.29, 0.717) is 24.5 Å². The van der Waals surface area contributed by atoms with E-state index in [9.17, 15) is 14.4 Å². The number of anilines is 2. The van der Waals surface area contributed by atoms with E-state index in [4.69, 9.17) is 0 Å². The highest BCUT2D eigenvalue weighted by Gasteiger charge is 2.30. The molecule has 0 aliphatic carbocycles. The van der Waals surface area contributed by atoms with E-state index in [1.807, 2.05) is 67.1 Å². The van der Waals surface area contributed by atoms with Gasteiger partial charge in [0.05, 0.1) is 5.92 Å². The van der Waals surface area contributed by atoms with Crippen molar-refractivity contribution in [1.82, 2.24) is 9.47 Å². The van der Waals surface area contributed by atoms with Crippen molar-refractivity contribution < 1.29 is 14.4 Å². The molecule has 0 saturated carbocycles. The van der Waals surface area contributed by atoms with Crippen LogP contribution in [-0.2, 0) is 20.9 Å². The van der Waals surface area contributed by atoms with E-state index in [0.717, 1.165) is 16.5 Å². The summed E-state index contributed by atoms with van der Waals surface area (Å²) in [7, 11) is 0. The molecule has 4 rings (SSSR count).